The number of nitrogens with zero attached hydrogens (tertiary/aromatic N) is 4. The van der Waals surface area contributed by atoms with Gasteiger partial charge < -0.3 is 8.98 Å². The molecule has 0 fully saturated rings. The normalized spacial score (nSPS) is 11.5. The van der Waals surface area contributed by atoms with Crippen molar-refractivity contribution in [2.45, 2.75) is 0 Å². The number of fused-ring (bicyclic) bond motifs is 5. The fourth-order valence-electron chi connectivity index (χ4n) is 7.43. The Kier molecular flexibility index (Phi) is 7.07. The molecule has 10 aromatic rings. The van der Waals surface area contributed by atoms with Crippen LogP contribution in [0.5, 0.6) is 0 Å². The molecule has 0 N–H and O–H groups in total. The molecule has 0 bridgehead atoms. The minimum atomic E-state index is 0.873. The van der Waals surface area contributed by atoms with Gasteiger partial charge in [-0.2, -0.15) is 0 Å². The molecular weight excluding hydrogens is 637 g/mol. The van der Waals surface area contributed by atoms with Crippen molar-refractivity contribution in [3.05, 3.63) is 183 Å². The van der Waals surface area contributed by atoms with E-state index in [0.29, 0.717) is 0 Å². The molecule has 5 aromatic heterocycles. The van der Waals surface area contributed by atoms with Gasteiger partial charge >= 0.3 is 0 Å². The van der Waals surface area contributed by atoms with Crippen LogP contribution in [0.3, 0.4) is 0 Å². The molecule has 0 saturated carbocycles. The molecule has 0 aliphatic carbocycles. The highest BCUT2D eigenvalue weighted by molar-refractivity contribution is 6.22. The lowest BCUT2D eigenvalue weighted by atomic mass is 9.98. The summed E-state index contributed by atoms with van der Waals surface area (Å²) >= 11 is 0. The summed E-state index contributed by atoms with van der Waals surface area (Å²) in [6.07, 6.45) is 7.26. The molecule has 0 unspecified atom stereocenters. The van der Waals surface area contributed by atoms with Crippen molar-refractivity contribution in [2.75, 3.05) is 0 Å². The first-order valence-corrected chi connectivity index (χ1v) is 17.3. The molecule has 5 nitrogen and oxygen atoms in total. The van der Waals surface area contributed by atoms with Gasteiger partial charge in [0.05, 0.1) is 27.8 Å². The van der Waals surface area contributed by atoms with Gasteiger partial charge in [0, 0.05) is 63.5 Å². The Bertz CT molecular complexity index is 2820. The third kappa shape index (κ3) is 4.98. The summed E-state index contributed by atoms with van der Waals surface area (Å²) in [7, 11) is 0. The molecule has 5 heteroatoms. The number of hydrogen-bond acceptors (Lipinski definition) is 4. The van der Waals surface area contributed by atoms with E-state index in [1.807, 2.05) is 42.7 Å². The van der Waals surface area contributed by atoms with E-state index in [0.717, 1.165) is 94.6 Å². The van der Waals surface area contributed by atoms with Crippen molar-refractivity contribution in [3.8, 4) is 61.8 Å². The van der Waals surface area contributed by atoms with E-state index < -0.39 is 0 Å². The molecule has 0 aliphatic heterocycles. The van der Waals surface area contributed by atoms with Crippen LogP contribution in [0, 0.1) is 0 Å². The molecule has 0 saturated heterocycles. The summed E-state index contributed by atoms with van der Waals surface area (Å²) < 4.78 is 9.33. The molecule has 0 aliphatic rings. The Morgan fingerprint density at radius 1 is 0.423 bits per heavy atom. The average Bonchev–Trinajstić information content (AvgIpc) is 3.78. The van der Waals surface area contributed by atoms with Gasteiger partial charge in [-0.25, -0.2) is 4.98 Å². The SMILES string of the molecule is c1ccc(-c2oc3c(ccc4c3c3ccccc3n4-c3cccc(-c4cc(-c5ccncc5)cc(-c5ccncc5)n4)c3)c2-c2ccccc2)cc1. The number of pyridine rings is 3. The monoisotopic (exact) mass is 666 g/mol. The van der Waals surface area contributed by atoms with Crippen LogP contribution in [0.25, 0.3) is 94.6 Å². The lowest BCUT2D eigenvalue weighted by Gasteiger charge is -2.13. The van der Waals surface area contributed by atoms with Crippen LogP contribution in [-0.4, -0.2) is 19.5 Å². The predicted octanol–water partition coefficient (Wildman–Crippen LogP) is 12.0. The van der Waals surface area contributed by atoms with Crippen molar-refractivity contribution in [1.29, 1.82) is 0 Å². The van der Waals surface area contributed by atoms with E-state index in [1.54, 1.807) is 12.4 Å². The number of benzene rings is 5. The fraction of sp³-hybridized carbons (Fsp3) is 0. The molecule has 5 aromatic carbocycles. The number of aromatic nitrogens is 4. The molecule has 52 heavy (non-hydrogen) atoms. The Balaban J connectivity index is 1.20. The molecule has 5 heterocycles. The topological polar surface area (TPSA) is 56.7 Å². The Labute approximate surface area is 300 Å². The van der Waals surface area contributed by atoms with Gasteiger partial charge in [0.25, 0.3) is 0 Å². The first-order valence-electron chi connectivity index (χ1n) is 17.3. The predicted molar refractivity (Wildman–Crippen MR) is 211 cm³/mol. The maximum Gasteiger partial charge on any atom is 0.145 e. The van der Waals surface area contributed by atoms with Gasteiger partial charge in [0.2, 0.25) is 0 Å². The van der Waals surface area contributed by atoms with E-state index in [9.17, 15) is 0 Å². The fourth-order valence-corrected chi connectivity index (χ4v) is 7.43. The molecule has 0 atom stereocenters. The zero-order valence-electron chi connectivity index (χ0n) is 28.0. The van der Waals surface area contributed by atoms with Crippen molar-refractivity contribution < 1.29 is 4.42 Å². The number of hydrogen-bond donors (Lipinski definition) is 0. The van der Waals surface area contributed by atoms with Gasteiger partial charge in [0.1, 0.15) is 11.3 Å². The maximum atomic E-state index is 6.98. The standard InChI is InChI=1S/C47H30N4O/c1-3-10-33(11-4-1)44-39-18-19-43-45(47(39)52-46(44)34-12-5-2-6-13-34)38-16-7-8-17-42(38)51(43)37-15-9-14-35(28-37)41-30-36(31-20-24-48-25-21-31)29-40(50-41)32-22-26-49-27-23-32/h1-30H. The van der Waals surface area contributed by atoms with Crippen molar-refractivity contribution in [3.63, 3.8) is 0 Å². The molecule has 0 radical (unpaired) electrons. The summed E-state index contributed by atoms with van der Waals surface area (Å²) in [5, 5.41) is 3.32. The van der Waals surface area contributed by atoms with Crippen LogP contribution in [0.15, 0.2) is 187 Å². The van der Waals surface area contributed by atoms with Gasteiger partial charge in [-0.05, 0) is 83.4 Å². The Morgan fingerprint density at radius 2 is 1.06 bits per heavy atom. The first kappa shape index (κ1) is 29.8. The minimum Gasteiger partial charge on any atom is -0.455 e. The number of para-hydroxylation sites is 1. The Hall–Kier alpha value is -7.11. The van der Waals surface area contributed by atoms with Gasteiger partial charge in [-0.15, -0.1) is 0 Å². The largest absolute Gasteiger partial charge is 0.455 e. The zero-order valence-corrected chi connectivity index (χ0v) is 28.0. The van der Waals surface area contributed by atoms with Crippen molar-refractivity contribution in [2.24, 2.45) is 0 Å². The lowest BCUT2D eigenvalue weighted by molar-refractivity contribution is 0.636. The second-order valence-corrected chi connectivity index (χ2v) is 12.9. The highest BCUT2D eigenvalue weighted by Crippen LogP contribution is 2.46. The Morgan fingerprint density at radius 3 is 1.81 bits per heavy atom. The zero-order chi connectivity index (χ0) is 34.4. The maximum absolute atomic E-state index is 6.98. The highest BCUT2D eigenvalue weighted by Gasteiger charge is 2.23. The van der Waals surface area contributed by atoms with Crippen LogP contribution < -0.4 is 0 Å². The minimum absolute atomic E-state index is 0.873. The van der Waals surface area contributed by atoms with Crippen LogP contribution >= 0.6 is 0 Å². The molecular formula is C47H30N4O. The van der Waals surface area contributed by atoms with Gasteiger partial charge in [-0.1, -0.05) is 91.0 Å². The molecule has 0 spiro atoms. The third-order valence-corrected chi connectivity index (χ3v) is 9.81. The summed E-state index contributed by atoms with van der Waals surface area (Å²) in [6, 6.07) is 55.0. The molecule has 10 rings (SSSR count). The number of furan rings is 1. The second-order valence-electron chi connectivity index (χ2n) is 12.9. The van der Waals surface area contributed by atoms with Gasteiger partial charge in [-0.3, -0.25) is 9.97 Å². The number of rotatable bonds is 6. The summed E-state index contributed by atoms with van der Waals surface area (Å²) in [5.41, 5.74) is 13.4. The van der Waals surface area contributed by atoms with Crippen molar-refractivity contribution in [1.82, 2.24) is 19.5 Å². The summed E-state index contributed by atoms with van der Waals surface area (Å²) in [5.74, 6) is 0.873. The summed E-state index contributed by atoms with van der Waals surface area (Å²) in [6.45, 7) is 0. The van der Waals surface area contributed by atoms with E-state index in [4.69, 9.17) is 9.40 Å². The summed E-state index contributed by atoms with van der Waals surface area (Å²) in [4.78, 5) is 13.7. The lowest BCUT2D eigenvalue weighted by Crippen LogP contribution is -1.96. The van der Waals surface area contributed by atoms with E-state index >= 15 is 0 Å². The molecule has 244 valence electrons. The first-order chi connectivity index (χ1) is 25.8. The van der Waals surface area contributed by atoms with Crippen LogP contribution in [0.4, 0.5) is 0 Å². The third-order valence-electron chi connectivity index (χ3n) is 9.81. The van der Waals surface area contributed by atoms with Crippen LogP contribution in [0.1, 0.15) is 0 Å². The molecule has 0 amide bonds. The van der Waals surface area contributed by atoms with E-state index in [-0.39, 0.29) is 0 Å². The van der Waals surface area contributed by atoms with Crippen LogP contribution in [-0.2, 0) is 0 Å². The van der Waals surface area contributed by atoms with Crippen LogP contribution in [0.2, 0.25) is 0 Å². The van der Waals surface area contributed by atoms with Gasteiger partial charge in [0.15, 0.2) is 0 Å². The quantitative estimate of drug-likeness (QED) is 0.177. The second kappa shape index (κ2) is 12.3. The smallest absolute Gasteiger partial charge is 0.145 e. The highest BCUT2D eigenvalue weighted by atomic mass is 16.3. The van der Waals surface area contributed by atoms with E-state index in [1.165, 1.54) is 0 Å². The van der Waals surface area contributed by atoms with Crippen molar-refractivity contribution >= 4 is 32.8 Å². The average molecular weight is 667 g/mol. The van der Waals surface area contributed by atoms with E-state index in [2.05, 4.69) is 142 Å².